The molecule has 18 heavy (non-hydrogen) atoms. The van der Waals surface area contributed by atoms with E-state index < -0.39 is 0 Å². The quantitative estimate of drug-likeness (QED) is 0.925. The maximum absolute atomic E-state index is 12.4. The number of hydrogen-bond donors (Lipinski definition) is 1. The minimum absolute atomic E-state index is 0.00123. The van der Waals surface area contributed by atoms with Gasteiger partial charge in [-0.05, 0) is 54.4 Å². The van der Waals surface area contributed by atoms with Crippen molar-refractivity contribution in [2.75, 3.05) is 19.6 Å². The zero-order valence-corrected chi connectivity index (χ0v) is 12.1. The topological polar surface area (TPSA) is 45.2 Å². The lowest BCUT2D eigenvalue weighted by atomic mass is 10.2. The summed E-state index contributed by atoms with van der Waals surface area (Å²) in [5.74, 6) is -0.00123. The van der Waals surface area contributed by atoms with Gasteiger partial charge in [0.2, 0.25) is 0 Å². The number of nitrogens with zero attached hydrogens (tertiary/aromatic N) is 2. The van der Waals surface area contributed by atoms with Gasteiger partial charge in [-0.25, -0.2) is 4.98 Å². The first kappa shape index (κ1) is 13.5. The van der Waals surface area contributed by atoms with Crippen molar-refractivity contribution >= 4 is 21.8 Å². The van der Waals surface area contributed by atoms with Gasteiger partial charge in [0.1, 0.15) is 5.69 Å². The van der Waals surface area contributed by atoms with Crippen molar-refractivity contribution in [3.05, 3.63) is 28.5 Å². The molecule has 98 valence electrons. The lowest BCUT2D eigenvalue weighted by molar-refractivity contribution is 0.0744. The van der Waals surface area contributed by atoms with Gasteiger partial charge in [-0.3, -0.25) is 4.79 Å². The molecule has 1 amide bonds. The van der Waals surface area contributed by atoms with Crippen LogP contribution in [0.2, 0.25) is 0 Å². The number of pyridine rings is 1. The number of halogens is 1. The minimum Gasteiger partial charge on any atom is -0.336 e. The molecule has 0 bridgehead atoms. The summed E-state index contributed by atoms with van der Waals surface area (Å²) >= 11 is 3.38. The highest BCUT2D eigenvalue weighted by Crippen LogP contribution is 2.16. The van der Waals surface area contributed by atoms with Crippen LogP contribution in [0.15, 0.2) is 22.8 Å². The van der Waals surface area contributed by atoms with Crippen molar-refractivity contribution in [2.45, 2.75) is 25.8 Å². The molecule has 1 fully saturated rings. The first-order valence-corrected chi connectivity index (χ1v) is 7.15. The number of carbonyl (C=O) groups excluding carboxylic acids is 1. The molecule has 0 aliphatic carbocycles. The number of rotatable bonds is 4. The fourth-order valence-electron chi connectivity index (χ4n) is 2.23. The van der Waals surface area contributed by atoms with Crippen molar-refractivity contribution in [1.29, 1.82) is 0 Å². The Morgan fingerprint density at radius 1 is 1.67 bits per heavy atom. The van der Waals surface area contributed by atoms with Gasteiger partial charge in [0.15, 0.2) is 0 Å². The number of hydrogen-bond acceptors (Lipinski definition) is 3. The minimum atomic E-state index is -0.00123. The van der Waals surface area contributed by atoms with Crippen molar-refractivity contribution in [3.8, 4) is 0 Å². The van der Waals surface area contributed by atoms with E-state index in [0.717, 1.165) is 24.0 Å². The molecule has 1 N–H and O–H groups in total. The lowest BCUT2D eigenvalue weighted by Crippen LogP contribution is -2.41. The summed E-state index contributed by atoms with van der Waals surface area (Å²) in [6.45, 7) is 4.53. The van der Waals surface area contributed by atoms with Crippen molar-refractivity contribution < 1.29 is 4.79 Å². The molecular formula is C13H18BrN3O. The van der Waals surface area contributed by atoms with Crippen LogP contribution in [0.1, 0.15) is 30.3 Å². The summed E-state index contributed by atoms with van der Waals surface area (Å²) < 4.78 is 0.757. The monoisotopic (exact) mass is 311 g/mol. The Balaban J connectivity index is 2.07. The zero-order valence-electron chi connectivity index (χ0n) is 10.5. The van der Waals surface area contributed by atoms with Crippen molar-refractivity contribution in [2.24, 2.45) is 0 Å². The molecule has 0 radical (unpaired) electrons. The van der Waals surface area contributed by atoms with Gasteiger partial charge in [0, 0.05) is 29.8 Å². The van der Waals surface area contributed by atoms with Gasteiger partial charge >= 0.3 is 0 Å². The summed E-state index contributed by atoms with van der Waals surface area (Å²) in [5.41, 5.74) is 0.498. The molecule has 1 saturated heterocycles. The Labute approximate surface area is 116 Å². The van der Waals surface area contributed by atoms with E-state index in [1.807, 2.05) is 24.0 Å². The molecule has 0 aromatic carbocycles. The molecule has 1 aliphatic heterocycles. The highest BCUT2D eigenvalue weighted by Gasteiger charge is 2.23. The third kappa shape index (κ3) is 3.09. The van der Waals surface area contributed by atoms with Crippen LogP contribution in [0.25, 0.3) is 0 Å². The molecule has 2 heterocycles. The van der Waals surface area contributed by atoms with E-state index >= 15 is 0 Å². The highest BCUT2D eigenvalue weighted by atomic mass is 79.9. The second kappa shape index (κ2) is 6.29. The zero-order chi connectivity index (χ0) is 13.0. The van der Waals surface area contributed by atoms with E-state index in [0.29, 0.717) is 18.3 Å². The highest BCUT2D eigenvalue weighted by molar-refractivity contribution is 9.10. The van der Waals surface area contributed by atoms with Gasteiger partial charge in [0.05, 0.1) is 0 Å². The molecule has 2 rings (SSSR count). The van der Waals surface area contributed by atoms with E-state index in [1.165, 1.54) is 6.42 Å². The predicted molar refractivity (Wildman–Crippen MR) is 74.5 cm³/mol. The maximum atomic E-state index is 12.4. The van der Waals surface area contributed by atoms with E-state index in [-0.39, 0.29) is 5.91 Å². The van der Waals surface area contributed by atoms with E-state index in [9.17, 15) is 4.79 Å². The third-order valence-corrected chi connectivity index (χ3v) is 3.87. The summed E-state index contributed by atoms with van der Waals surface area (Å²) in [6.07, 6.45) is 4.00. The van der Waals surface area contributed by atoms with Gasteiger partial charge in [0.25, 0.3) is 5.91 Å². The Kier molecular flexibility index (Phi) is 4.72. The summed E-state index contributed by atoms with van der Waals surface area (Å²) in [5, 5.41) is 3.42. The Morgan fingerprint density at radius 2 is 2.50 bits per heavy atom. The van der Waals surface area contributed by atoms with Crippen LogP contribution in [0.4, 0.5) is 0 Å². The summed E-state index contributed by atoms with van der Waals surface area (Å²) in [7, 11) is 0. The molecule has 1 aliphatic rings. The van der Waals surface area contributed by atoms with E-state index in [2.05, 4.69) is 26.2 Å². The van der Waals surface area contributed by atoms with Crippen LogP contribution in [-0.2, 0) is 0 Å². The molecule has 4 nitrogen and oxygen atoms in total. The number of carbonyl (C=O) groups is 1. The first-order valence-electron chi connectivity index (χ1n) is 6.35. The van der Waals surface area contributed by atoms with Crippen molar-refractivity contribution in [1.82, 2.24) is 15.2 Å². The standard InChI is InChI=1S/C13H18BrN3O/c1-2-17(9-10-5-3-7-15-10)13(18)12-11(14)6-4-8-16-12/h4,6,8,10,15H,2-3,5,7,9H2,1H3. The molecule has 5 heteroatoms. The number of likely N-dealkylation sites (N-methyl/N-ethyl adjacent to an activating group) is 1. The largest absolute Gasteiger partial charge is 0.336 e. The van der Waals surface area contributed by atoms with Crippen LogP contribution in [-0.4, -0.2) is 41.5 Å². The first-order chi connectivity index (χ1) is 8.72. The molecule has 1 atom stereocenters. The molecule has 1 unspecified atom stereocenters. The lowest BCUT2D eigenvalue weighted by Gasteiger charge is -2.24. The van der Waals surface area contributed by atoms with Crippen molar-refractivity contribution in [3.63, 3.8) is 0 Å². The van der Waals surface area contributed by atoms with Gasteiger partial charge in [-0.15, -0.1) is 0 Å². The maximum Gasteiger partial charge on any atom is 0.273 e. The number of aromatic nitrogens is 1. The van der Waals surface area contributed by atoms with Crippen LogP contribution in [0, 0.1) is 0 Å². The van der Waals surface area contributed by atoms with E-state index in [4.69, 9.17) is 0 Å². The van der Waals surface area contributed by atoms with E-state index in [1.54, 1.807) is 6.20 Å². The number of nitrogens with one attached hydrogen (secondary N) is 1. The van der Waals surface area contributed by atoms with Crippen LogP contribution in [0.3, 0.4) is 0 Å². The Morgan fingerprint density at radius 3 is 3.11 bits per heavy atom. The Bertz CT molecular complexity index is 418. The molecule has 1 aromatic rings. The normalized spacial score (nSPS) is 18.9. The number of amides is 1. The fraction of sp³-hybridized carbons (Fsp3) is 0.538. The molecule has 0 saturated carbocycles. The molecular weight excluding hydrogens is 294 g/mol. The SMILES string of the molecule is CCN(CC1CCCN1)C(=O)c1ncccc1Br. The third-order valence-electron chi connectivity index (χ3n) is 3.23. The molecule has 0 spiro atoms. The summed E-state index contributed by atoms with van der Waals surface area (Å²) in [6, 6.07) is 4.09. The smallest absolute Gasteiger partial charge is 0.273 e. The van der Waals surface area contributed by atoms with Gasteiger partial charge < -0.3 is 10.2 Å². The van der Waals surface area contributed by atoms with Gasteiger partial charge in [-0.2, -0.15) is 0 Å². The van der Waals surface area contributed by atoms with Crippen LogP contribution < -0.4 is 5.32 Å². The second-order valence-electron chi connectivity index (χ2n) is 4.47. The predicted octanol–water partition coefficient (Wildman–Crippen LogP) is 2.06. The second-order valence-corrected chi connectivity index (χ2v) is 5.33. The average Bonchev–Trinajstić information content (AvgIpc) is 2.88. The van der Waals surface area contributed by atoms with Crippen LogP contribution in [0.5, 0.6) is 0 Å². The average molecular weight is 312 g/mol. The summed E-state index contributed by atoms with van der Waals surface area (Å²) in [4.78, 5) is 18.4. The fourth-order valence-corrected chi connectivity index (χ4v) is 2.65. The Hall–Kier alpha value is -0.940. The molecule has 1 aromatic heterocycles. The van der Waals surface area contributed by atoms with Crippen LogP contribution >= 0.6 is 15.9 Å². The van der Waals surface area contributed by atoms with Gasteiger partial charge in [-0.1, -0.05) is 0 Å².